The van der Waals surface area contributed by atoms with E-state index in [-0.39, 0.29) is 12.4 Å². The largest absolute Gasteiger partial charge is 0.361 e. The first-order valence-electron chi connectivity index (χ1n) is 7.03. The summed E-state index contributed by atoms with van der Waals surface area (Å²) in [6, 6.07) is 10.1. The molecular weight excluding hydrogens is 270 g/mol. The van der Waals surface area contributed by atoms with Gasteiger partial charge in [0.05, 0.1) is 0 Å². The average Bonchev–Trinajstić information content (AvgIpc) is 2.49. The number of methoxy groups -OCH3 is 1. The van der Waals surface area contributed by atoms with Crippen molar-refractivity contribution in [1.82, 2.24) is 4.90 Å². The first kappa shape index (κ1) is 19.0. The Labute approximate surface area is 129 Å². The van der Waals surface area contributed by atoms with E-state index in [0.717, 1.165) is 38.0 Å². The third kappa shape index (κ3) is 4.83. The lowest BCUT2D eigenvalue weighted by Gasteiger charge is -2.28. The summed E-state index contributed by atoms with van der Waals surface area (Å²) in [6.07, 6.45) is 7.63. The minimum absolute atomic E-state index is 0. The lowest BCUT2D eigenvalue weighted by Crippen LogP contribution is -2.30. The van der Waals surface area contributed by atoms with E-state index in [1.54, 1.807) is 7.11 Å². The van der Waals surface area contributed by atoms with Crippen LogP contribution in [0.5, 0.6) is 0 Å². The van der Waals surface area contributed by atoms with E-state index in [0.29, 0.717) is 0 Å². The van der Waals surface area contributed by atoms with Crippen LogP contribution in [0.25, 0.3) is 0 Å². The Balaban J connectivity index is 0.00000361. The molecule has 0 spiro atoms. The highest BCUT2D eigenvalue weighted by molar-refractivity contribution is 5.85. The van der Waals surface area contributed by atoms with Crippen molar-refractivity contribution in [2.45, 2.75) is 32.3 Å². The van der Waals surface area contributed by atoms with Gasteiger partial charge in [0, 0.05) is 7.11 Å². The van der Waals surface area contributed by atoms with Gasteiger partial charge >= 0.3 is 0 Å². The molecule has 1 atom stereocenters. The van der Waals surface area contributed by atoms with Gasteiger partial charge < -0.3 is 9.64 Å². The summed E-state index contributed by atoms with van der Waals surface area (Å²) < 4.78 is 5.67. The molecule has 1 aromatic rings. The first-order chi connectivity index (χ1) is 9.22. The zero-order chi connectivity index (χ0) is 14.1. The van der Waals surface area contributed by atoms with Crippen molar-refractivity contribution in [1.29, 1.82) is 0 Å². The van der Waals surface area contributed by atoms with Gasteiger partial charge in [0.25, 0.3) is 0 Å². The summed E-state index contributed by atoms with van der Waals surface area (Å²) in [5, 5.41) is 0. The SMILES string of the molecule is C#CC(CCCN(CC)CC)(OC)c1ccccc1.Cl. The van der Waals surface area contributed by atoms with E-state index in [2.05, 4.69) is 24.7 Å². The Hall–Kier alpha value is -1.01. The quantitative estimate of drug-likeness (QED) is 0.678. The fourth-order valence-electron chi connectivity index (χ4n) is 2.38. The third-order valence-electron chi connectivity index (χ3n) is 3.72. The summed E-state index contributed by atoms with van der Waals surface area (Å²) in [5.74, 6) is 2.85. The fraction of sp³-hybridized carbons (Fsp3) is 0.529. The molecule has 0 aliphatic heterocycles. The van der Waals surface area contributed by atoms with E-state index < -0.39 is 5.60 Å². The Morgan fingerprint density at radius 2 is 1.80 bits per heavy atom. The van der Waals surface area contributed by atoms with Crippen LogP contribution >= 0.6 is 12.4 Å². The fourth-order valence-corrected chi connectivity index (χ4v) is 2.38. The lowest BCUT2D eigenvalue weighted by molar-refractivity contribution is 0.0267. The molecule has 0 aromatic heterocycles. The van der Waals surface area contributed by atoms with Crippen molar-refractivity contribution in [3.05, 3.63) is 35.9 Å². The molecule has 0 saturated carbocycles. The Bertz CT molecular complexity index is 397. The maximum absolute atomic E-state index is 5.74. The van der Waals surface area contributed by atoms with Crippen LogP contribution in [0, 0.1) is 12.3 Å². The van der Waals surface area contributed by atoms with Gasteiger partial charge in [-0.15, -0.1) is 18.8 Å². The Kier molecular flexibility index (Phi) is 9.33. The molecular formula is C17H26ClNO. The summed E-state index contributed by atoms with van der Waals surface area (Å²) in [5.41, 5.74) is 0.480. The number of hydrogen-bond acceptors (Lipinski definition) is 2. The van der Waals surface area contributed by atoms with Crippen molar-refractivity contribution >= 4 is 12.4 Å². The van der Waals surface area contributed by atoms with Crippen molar-refractivity contribution in [2.24, 2.45) is 0 Å². The van der Waals surface area contributed by atoms with Crippen LogP contribution in [-0.4, -0.2) is 31.6 Å². The summed E-state index contributed by atoms with van der Waals surface area (Å²) >= 11 is 0. The van der Waals surface area contributed by atoms with E-state index in [4.69, 9.17) is 11.2 Å². The van der Waals surface area contributed by atoms with Gasteiger partial charge in [-0.2, -0.15) is 0 Å². The summed E-state index contributed by atoms with van der Waals surface area (Å²) in [7, 11) is 1.70. The molecule has 0 bridgehead atoms. The van der Waals surface area contributed by atoms with Crippen molar-refractivity contribution in [2.75, 3.05) is 26.7 Å². The molecule has 0 fully saturated rings. The van der Waals surface area contributed by atoms with Crippen molar-refractivity contribution in [3.63, 3.8) is 0 Å². The summed E-state index contributed by atoms with van der Waals surface area (Å²) in [4.78, 5) is 2.40. The van der Waals surface area contributed by atoms with Crippen LogP contribution in [0.3, 0.4) is 0 Å². The second-order valence-corrected chi connectivity index (χ2v) is 4.67. The van der Waals surface area contributed by atoms with E-state index in [9.17, 15) is 0 Å². The first-order valence-corrected chi connectivity index (χ1v) is 7.03. The van der Waals surface area contributed by atoms with Crippen molar-refractivity contribution < 1.29 is 4.74 Å². The predicted octanol–water partition coefficient (Wildman–Crippen LogP) is 3.71. The van der Waals surface area contributed by atoms with Crippen LogP contribution in [0.2, 0.25) is 0 Å². The normalized spacial score (nSPS) is 13.3. The molecule has 0 heterocycles. The van der Waals surface area contributed by atoms with Gasteiger partial charge in [0.1, 0.15) is 0 Å². The second-order valence-electron chi connectivity index (χ2n) is 4.67. The van der Waals surface area contributed by atoms with Crippen LogP contribution in [0.15, 0.2) is 30.3 Å². The molecule has 1 aromatic carbocycles. The molecule has 1 rings (SSSR count). The zero-order valence-electron chi connectivity index (χ0n) is 12.8. The van der Waals surface area contributed by atoms with Gasteiger partial charge in [-0.05, 0) is 38.0 Å². The van der Waals surface area contributed by atoms with Crippen LogP contribution in [-0.2, 0) is 10.3 Å². The smallest absolute Gasteiger partial charge is 0.153 e. The van der Waals surface area contributed by atoms with Crippen LogP contribution in [0.1, 0.15) is 32.3 Å². The molecule has 1 unspecified atom stereocenters. The molecule has 0 amide bonds. The van der Waals surface area contributed by atoms with Gasteiger partial charge in [0.15, 0.2) is 5.60 Å². The third-order valence-corrected chi connectivity index (χ3v) is 3.72. The molecule has 3 heteroatoms. The number of rotatable bonds is 8. The van der Waals surface area contributed by atoms with Crippen LogP contribution < -0.4 is 0 Å². The molecule has 0 N–H and O–H groups in total. The second kappa shape index (κ2) is 9.83. The number of halogens is 1. The summed E-state index contributed by atoms with van der Waals surface area (Å²) in [6.45, 7) is 7.60. The number of hydrogen-bond donors (Lipinski definition) is 0. The Morgan fingerprint density at radius 1 is 1.20 bits per heavy atom. The molecule has 0 saturated heterocycles. The predicted molar refractivity (Wildman–Crippen MR) is 88.2 cm³/mol. The molecule has 2 nitrogen and oxygen atoms in total. The topological polar surface area (TPSA) is 12.5 Å². The number of ether oxygens (including phenoxy) is 1. The molecule has 112 valence electrons. The molecule has 0 radical (unpaired) electrons. The lowest BCUT2D eigenvalue weighted by atomic mass is 9.89. The molecule has 20 heavy (non-hydrogen) atoms. The maximum Gasteiger partial charge on any atom is 0.153 e. The minimum atomic E-state index is -0.589. The standard InChI is InChI=1S/C17H25NO.ClH/c1-5-17(19-4,16-12-9-8-10-13-16)14-11-15-18(6-2)7-3;/h1,8-10,12-13H,6-7,11,14-15H2,2-4H3;1H. The minimum Gasteiger partial charge on any atom is -0.361 e. The van der Waals surface area contributed by atoms with Gasteiger partial charge in [-0.25, -0.2) is 0 Å². The molecule has 0 aliphatic carbocycles. The molecule has 0 aliphatic rings. The zero-order valence-corrected chi connectivity index (χ0v) is 13.6. The maximum atomic E-state index is 5.74. The number of nitrogens with zero attached hydrogens (tertiary/aromatic N) is 1. The number of benzene rings is 1. The van der Waals surface area contributed by atoms with E-state index >= 15 is 0 Å². The van der Waals surface area contributed by atoms with Crippen LogP contribution in [0.4, 0.5) is 0 Å². The monoisotopic (exact) mass is 295 g/mol. The van der Waals surface area contributed by atoms with E-state index in [1.807, 2.05) is 30.3 Å². The highest BCUT2D eigenvalue weighted by Gasteiger charge is 2.29. The van der Waals surface area contributed by atoms with Gasteiger partial charge in [-0.1, -0.05) is 50.1 Å². The number of terminal acetylenes is 1. The van der Waals surface area contributed by atoms with Crippen molar-refractivity contribution in [3.8, 4) is 12.3 Å². The Morgan fingerprint density at radius 3 is 2.25 bits per heavy atom. The van der Waals surface area contributed by atoms with E-state index in [1.165, 1.54) is 0 Å². The highest BCUT2D eigenvalue weighted by atomic mass is 35.5. The van der Waals surface area contributed by atoms with Gasteiger partial charge in [-0.3, -0.25) is 0 Å². The average molecular weight is 296 g/mol. The highest BCUT2D eigenvalue weighted by Crippen LogP contribution is 2.29. The van der Waals surface area contributed by atoms with Gasteiger partial charge in [0.2, 0.25) is 0 Å².